The van der Waals surface area contributed by atoms with E-state index in [4.69, 9.17) is 18.6 Å². The maximum absolute atomic E-state index is 12.9. The molecule has 1 aromatic heterocycles. The summed E-state index contributed by atoms with van der Waals surface area (Å²) in [7, 11) is 0. The fraction of sp³-hybridized carbons (Fsp3) is 0.103. The first-order valence-electron chi connectivity index (χ1n) is 11.2. The first-order chi connectivity index (χ1) is 17.2. The molecule has 0 amide bonds. The fourth-order valence-corrected chi connectivity index (χ4v) is 3.94. The molecule has 0 aliphatic heterocycles. The molecule has 1 heterocycles. The number of benzene rings is 4. The number of carbonyl (C=O) groups is 1. The first kappa shape index (κ1) is 22.2. The number of rotatable bonds is 8. The van der Waals surface area contributed by atoms with Gasteiger partial charge in [0.05, 0.1) is 0 Å². The van der Waals surface area contributed by atoms with E-state index in [9.17, 15) is 9.59 Å². The maximum Gasteiger partial charge on any atom is 0.342 e. The number of fused-ring (bicyclic) bond motifs is 3. The molecular weight excluding hydrogens is 444 g/mol. The lowest BCUT2D eigenvalue weighted by molar-refractivity contribution is 0.0468. The molecule has 0 bridgehead atoms. The van der Waals surface area contributed by atoms with Crippen molar-refractivity contribution < 1.29 is 23.4 Å². The molecule has 6 nitrogen and oxygen atoms in total. The van der Waals surface area contributed by atoms with E-state index in [1.54, 1.807) is 30.3 Å². The Morgan fingerprint density at radius 2 is 1.51 bits per heavy atom. The van der Waals surface area contributed by atoms with E-state index in [0.717, 1.165) is 21.9 Å². The van der Waals surface area contributed by atoms with Crippen LogP contribution in [0.2, 0.25) is 0 Å². The zero-order chi connectivity index (χ0) is 24.0. The third kappa shape index (κ3) is 5.01. The molecule has 0 aliphatic rings. The number of carbonyl (C=O) groups excluding carboxylic acids is 1. The molecule has 174 valence electrons. The SMILES string of the molecule is O=C(OCc1cc(=O)oc2ccc3ccccc3c12)c1ccccc1OCCOc1ccccc1. The second-order valence-electron chi connectivity index (χ2n) is 7.83. The third-order valence-electron chi connectivity index (χ3n) is 5.53. The molecule has 4 aromatic carbocycles. The molecule has 0 spiro atoms. The van der Waals surface area contributed by atoms with Gasteiger partial charge in [-0.3, -0.25) is 0 Å². The zero-order valence-electron chi connectivity index (χ0n) is 18.8. The summed E-state index contributed by atoms with van der Waals surface area (Å²) < 4.78 is 22.4. The molecule has 0 N–H and O–H groups in total. The van der Waals surface area contributed by atoms with Crippen molar-refractivity contribution in [1.82, 2.24) is 0 Å². The molecule has 6 heteroatoms. The van der Waals surface area contributed by atoms with Crippen LogP contribution in [0, 0.1) is 0 Å². The van der Waals surface area contributed by atoms with Gasteiger partial charge in [0.1, 0.15) is 42.5 Å². The van der Waals surface area contributed by atoms with Crippen molar-refractivity contribution in [2.45, 2.75) is 6.61 Å². The molecule has 5 aromatic rings. The predicted octanol–water partition coefficient (Wildman–Crippen LogP) is 5.76. The average molecular weight is 466 g/mol. The van der Waals surface area contributed by atoms with Gasteiger partial charge in [-0.15, -0.1) is 0 Å². The molecule has 0 saturated heterocycles. The number of hydrogen-bond donors (Lipinski definition) is 0. The highest BCUT2D eigenvalue weighted by atomic mass is 16.5. The van der Waals surface area contributed by atoms with Crippen molar-refractivity contribution in [3.63, 3.8) is 0 Å². The van der Waals surface area contributed by atoms with Crippen LogP contribution in [0.5, 0.6) is 11.5 Å². The van der Waals surface area contributed by atoms with E-state index in [-0.39, 0.29) is 13.2 Å². The fourth-order valence-electron chi connectivity index (χ4n) is 3.94. The highest BCUT2D eigenvalue weighted by Gasteiger charge is 2.16. The van der Waals surface area contributed by atoms with Gasteiger partial charge in [0.15, 0.2) is 0 Å². The summed E-state index contributed by atoms with van der Waals surface area (Å²) in [5, 5.41) is 2.66. The number of para-hydroxylation sites is 2. The van der Waals surface area contributed by atoms with E-state index in [1.165, 1.54) is 6.07 Å². The molecule has 35 heavy (non-hydrogen) atoms. The van der Waals surface area contributed by atoms with Crippen LogP contribution >= 0.6 is 0 Å². The zero-order valence-corrected chi connectivity index (χ0v) is 18.8. The summed E-state index contributed by atoms with van der Waals surface area (Å²) in [6.07, 6.45) is 0. The Bertz CT molecular complexity index is 1540. The molecule has 0 unspecified atom stereocenters. The van der Waals surface area contributed by atoms with Crippen LogP contribution in [0.25, 0.3) is 21.7 Å². The topological polar surface area (TPSA) is 75.0 Å². The van der Waals surface area contributed by atoms with Crippen LogP contribution in [0.4, 0.5) is 0 Å². The molecule has 5 rings (SSSR count). The van der Waals surface area contributed by atoms with E-state index in [1.807, 2.05) is 60.7 Å². The lowest BCUT2D eigenvalue weighted by Crippen LogP contribution is -2.13. The Morgan fingerprint density at radius 3 is 2.40 bits per heavy atom. The molecule has 0 radical (unpaired) electrons. The lowest BCUT2D eigenvalue weighted by Gasteiger charge is -2.13. The number of ether oxygens (including phenoxy) is 3. The quantitative estimate of drug-likeness (QED) is 0.125. The standard InChI is InChI=1S/C29H22O6/c30-27-18-21(28-23-11-5-4-8-20(23)14-15-26(28)35-27)19-34-29(31)24-12-6-7-13-25(24)33-17-16-32-22-9-2-1-3-10-22/h1-15,18H,16-17,19H2. The molecule has 0 saturated carbocycles. The van der Waals surface area contributed by atoms with Gasteiger partial charge >= 0.3 is 11.6 Å². The van der Waals surface area contributed by atoms with E-state index in [2.05, 4.69) is 0 Å². The van der Waals surface area contributed by atoms with Crippen molar-refractivity contribution in [1.29, 1.82) is 0 Å². The Morgan fingerprint density at radius 1 is 0.771 bits per heavy atom. The Labute approximate surface area is 201 Å². The average Bonchev–Trinajstić information content (AvgIpc) is 2.90. The van der Waals surface area contributed by atoms with Crippen LogP contribution in [-0.2, 0) is 11.3 Å². The third-order valence-corrected chi connectivity index (χ3v) is 5.53. The van der Waals surface area contributed by atoms with Crippen LogP contribution in [-0.4, -0.2) is 19.2 Å². The Balaban J connectivity index is 1.31. The van der Waals surface area contributed by atoms with Gasteiger partial charge in [-0.1, -0.05) is 60.7 Å². The monoisotopic (exact) mass is 466 g/mol. The van der Waals surface area contributed by atoms with Gasteiger partial charge in [0.25, 0.3) is 0 Å². The van der Waals surface area contributed by atoms with Gasteiger partial charge in [0.2, 0.25) is 0 Å². The highest BCUT2D eigenvalue weighted by molar-refractivity contribution is 6.07. The molecular formula is C29H22O6. The van der Waals surface area contributed by atoms with Gasteiger partial charge in [-0.2, -0.15) is 0 Å². The normalized spacial score (nSPS) is 10.9. The van der Waals surface area contributed by atoms with Crippen molar-refractivity contribution in [2.24, 2.45) is 0 Å². The van der Waals surface area contributed by atoms with E-state index >= 15 is 0 Å². The summed E-state index contributed by atoms with van der Waals surface area (Å²) in [5.74, 6) is 0.596. The van der Waals surface area contributed by atoms with Crippen LogP contribution in [0.1, 0.15) is 15.9 Å². The molecule has 0 aliphatic carbocycles. The second kappa shape index (κ2) is 10.1. The second-order valence-corrected chi connectivity index (χ2v) is 7.83. The van der Waals surface area contributed by atoms with Gasteiger partial charge < -0.3 is 18.6 Å². The lowest BCUT2D eigenvalue weighted by atomic mass is 10.0. The van der Waals surface area contributed by atoms with Crippen molar-refractivity contribution in [3.8, 4) is 11.5 Å². The van der Waals surface area contributed by atoms with Crippen molar-refractivity contribution in [3.05, 3.63) is 119 Å². The summed E-state index contributed by atoms with van der Waals surface area (Å²) in [6.45, 7) is 0.502. The summed E-state index contributed by atoms with van der Waals surface area (Å²) in [4.78, 5) is 25.1. The van der Waals surface area contributed by atoms with Gasteiger partial charge in [-0.25, -0.2) is 9.59 Å². The summed E-state index contributed by atoms with van der Waals surface area (Å²) >= 11 is 0. The Kier molecular flexibility index (Phi) is 6.44. The minimum atomic E-state index is -0.550. The van der Waals surface area contributed by atoms with Crippen molar-refractivity contribution in [2.75, 3.05) is 13.2 Å². The molecule has 0 atom stereocenters. The van der Waals surface area contributed by atoms with Gasteiger partial charge in [-0.05, 0) is 41.1 Å². The summed E-state index contributed by atoms with van der Waals surface area (Å²) in [6, 6.07) is 29.1. The predicted molar refractivity (Wildman–Crippen MR) is 133 cm³/mol. The molecule has 0 fully saturated rings. The number of esters is 1. The van der Waals surface area contributed by atoms with Crippen LogP contribution in [0.15, 0.2) is 106 Å². The van der Waals surface area contributed by atoms with Gasteiger partial charge in [0, 0.05) is 17.0 Å². The number of hydrogen-bond acceptors (Lipinski definition) is 6. The smallest absolute Gasteiger partial charge is 0.342 e. The highest BCUT2D eigenvalue weighted by Crippen LogP contribution is 2.28. The van der Waals surface area contributed by atoms with Crippen LogP contribution in [0.3, 0.4) is 0 Å². The summed E-state index contributed by atoms with van der Waals surface area (Å²) in [5.41, 5.74) is 0.825. The Hall–Kier alpha value is -4.58. The first-order valence-corrected chi connectivity index (χ1v) is 11.2. The van der Waals surface area contributed by atoms with Crippen molar-refractivity contribution >= 4 is 27.7 Å². The minimum Gasteiger partial charge on any atom is -0.490 e. The van der Waals surface area contributed by atoms with Crippen LogP contribution < -0.4 is 15.1 Å². The maximum atomic E-state index is 12.9. The minimum absolute atomic E-state index is 0.0829. The van der Waals surface area contributed by atoms with E-state index in [0.29, 0.717) is 29.1 Å². The van der Waals surface area contributed by atoms with E-state index < -0.39 is 11.6 Å². The largest absolute Gasteiger partial charge is 0.490 e.